The SMILES string of the molecule is Cc1cc(C2(S(C)(=O)=O)C=CC(F)(c3ccccc3)C(F)=C2)cc(C)c1F. The van der Waals surface area contributed by atoms with Crippen LogP contribution in [0.3, 0.4) is 0 Å². The Bertz CT molecular complexity index is 1040. The van der Waals surface area contributed by atoms with Crippen LogP contribution < -0.4 is 0 Å². The molecule has 0 aromatic heterocycles. The van der Waals surface area contributed by atoms with E-state index in [1.807, 2.05) is 0 Å². The Morgan fingerprint density at radius 2 is 1.44 bits per heavy atom. The maximum absolute atomic E-state index is 15.4. The second-order valence-corrected chi connectivity index (χ2v) is 9.11. The van der Waals surface area contributed by atoms with E-state index >= 15 is 8.78 Å². The molecule has 0 amide bonds. The number of rotatable bonds is 3. The zero-order chi connectivity index (χ0) is 20.0. The Hall–Kier alpha value is -2.34. The first-order valence-corrected chi connectivity index (χ1v) is 10.2. The third kappa shape index (κ3) is 3.02. The molecule has 142 valence electrons. The van der Waals surface area contributed by atoms with Crippen LogP contribution >= 0.6 is 0 Å². The molecule has 2 aromatic carbocycles. The summed E-state index contributed by atoms with van der Waals surface area (Å²) >= 11 is 0. The van der Waals surface area contributed by atoms with Crippen molar-refractivity contribution in [3.63, 3.8) is 0 Å². The molecule has 27 heavy (non-hydrogen) atoms. The Balaban J connectivity index is 2.25. The third-order valence-corrected chi connectivity index (χ3v) is 6.66. The van der Waals surface area contributed by atoms with Crippen LogP contribution in [0.2, 0.25) is 0 Å². The van der Waals surface area contributed by atoms with E-state index in [0.29, 0.717) is 0 Å². The summed E-state index contributed by atoms with van der Waals surface area (Å²) in [7, 11) is -3.94. The summed E-state index contributed by atoms with van der Waals surface area (Å²) in [5.41, 5.74) is -1.86. The van der Waals surface area contributed by atoms with Gasteiger partial charge >= 0.3 is 0 Å². The monoisotopic (exact) mass is 392 g/mol. The van der Waals surface area contributed by atoms with Gasteiger partial charge in [0.2, 0.25) is 5.67 Å². The Morgan fingerprint density at radius 3 is 1.93 bits per heavy atom. The average Bonchev–Trinajstić information content (AvgIpc) is 2.61. The van der Waals surface area contributed by atoms with E-state index in [9.17, 15) is 12.8 Å². The fourth-order valence-corrected chi connectivity index (χ4v) is 4.55. The zero-order valence-electron chi connectivity index (χ0n) is 15.1. The molecule has 2 nitrogen and oxygen atoms in total. The van der Waals surface area contributed by atoms with E-state index in [2.05, 4.69) is 0 Å². The number of alkyl halides is 1. The maximum Gasteiger partial charge on any atom is 0.205 e. The van der Waals surface area contributed by atoms with Gasteiger partial charge < -0.3 is 0 Å². The highest BCUT2D eigenvalue weighted by Crippen LogP contribution is 2.47. The van der Waals surface area contributed by atoms with Crippen LogP contribution in [0.25, 0.3) is 0 Å². The van der Waals surface area contributed by atoms with Crippen LogP contribution in [0, 0.1) is 19.7 Å². The van der Waals surface area contributed by atoms with Crippen molar-refractivity contribution in [2.24, 2.45) is 0 Å². The van der Waals surface area contributed by atoms with Crippen LogP contribution in [0.5, 0.6) is 0 Å². The van der Waals surface area contributed by atoms with Crippen molar-refractivity contribution < 1.29 is 21.6 Å². The minimum Gasteiger partial charge on any atom is -0.228 e. The molecule has 3 rings (SSSR count). The summed E-state index contributed by atoms with van der Waals surface area (Å²) in [6.07, 6.45) is 3.79. The predicted octanol–water partition coefficient (Wildman–Crippen LogP) is 4.97. The van der Waals surface area contributed by atoms with E-state index in [1.54, 1.807) is 18.2 Å². The molecule has 2 atom stereocenters. The van der Waals surface area contributed by atoms with Gasteiger partial charge in [-0.1, -0.05) is 48.5 Å². The van der Waals surface area contributed by atoms with Crippen LogP contribution in [0.4, 0.5) is 13.2 Å². The van der Waals surface area contributed by atoms with E-state index < -0.39 is 31.9 Å². The first kappa shape index (κ1) is 19.4. The lowest BCUT2D eigenvalue weighted by molar-refractivity contribution is 0.232. The lowest BCUT2D eigenvalue weighted by atomic mass is 9.83. The minimum absolute atomic E-state index is 0.0589. The highest BCUT2D eigenvalue weighted by Gasteiger charge is 2.48. The number of aryl methyl sites for hydroxylation is 2. The molecule has 0 saturated carbocycles. The molecule has 6 heteroatoms. The number of allylic oxidation sites excluding steroid dienone is 2. The quantitative estimate of drug-likeness (QED) is 0.691. The van der Waals surface area contributed by atoms with E-state index in [0.717, 1.165) is 24.5 Å². The van der Waals surface area contributed by atoms with Crippen LogP contribution in [-0.4, -0.2) is 14.7 Å². The highest BCUT2D eigenvalue weighted by molar-refractivity contribution is 7.92. The predicted molar refractivity (Wildman–Crippen MR) is 100.0 cm³/mol. The van der Waals surface area contributed by atoms with E-state index in [1.165, 1.54) is 38.1 Å². The summed E-state index contributed by atoms with van der Waals surface area (Å²) in [4.78, 5) is 0. The van der Waals surface area contributed by atoms with E-state index in [4.69, 9.17) is 0 Å². The Labute approximate surface area is 157 Å². The largest absolute Gasteiger partial charge is 0.228 e. The first-order valence-electron chi connectivity index (χ1n) is 8.32. The van der Waals surface area contributed by atoms with Gasteiger partial charge in [-0.05, 0) is 48.3 Å². The van der Waals surface area contributed by atoms with Crippen molar-refractivity contribution in [2.75, 3.05) is 6.26 Å². The fourth-order valence-electron chi connectivity index (χ4n) is 3.37. The zero-order valence-corrected chi connectivity index (χ0v) is 15.9. The molecule has 0 radical (unpaired) electrons. The molecule has 0 aliphatic heterocycles. The molecule has 2 aromatic rings. The average molecular weight is 392 g/mol. The molecule has 0 saturated heterocycles. The van der Waals surface area contributed by atoms with Crippen molar-refractivity contribution in [2.45, 2.75) is 24.3 Å². The number of hydrogen-bond donors (Lipinski definition) is 0. The standard InChI is InChI=1S/C21H19F3O2S/c1-14-11-17(12-15(2)19(14)23)20(27(3,25)26)9-10-21(24,18(22)13-20)16-7-5-4-6-8-16/h4-13H,1-3H3. The van der Waals surface area contributed by atoms with Crippen LogP contribution in [-0.2, 0) is 20.3 Å². The summed E-state index contributed by atoms with van der Waals surface area (Å²) in [5, 5.41) is 0. The molecule has 0 heterocycles. The van der Waals surface area contributed by atoms with Gasteiger partial charge in [-0.3, -0.25) is 0 Å². The molecular weight excluding hydrogens is 373 g/mol. The molecule has 0 N–H and O–H groups in total. The fraction of sp³-hybridized carbons (Fsp3) is 0.238. The van der Waals surface area contributed by atoms with Crippen LogP contribution in [0.1, 0.15) is 22.3 Å². The van der Waals surface area contributed by atoms with Gasteiger partial charge in [-0.25, -0.2) is 21.6 Å². The number of sulfone groups is 1. The lowest BCUT2D eigenvalue weighted by Crippen LogP contribution is -2.37. The van der Waals surface area contributed by atoms with Crippen molar-refractivity contribution in [3.8, 4) is 0 Å². The van der Waals surface area contributed by atoms with Crippen molar-refractivity contribution in [1.82, 2.24) is 0 Å². The summed E-state index contributed by atoms with van der Waals surface area (Å²) < 4.78 is 67.7. The van der Waals surface area contributed by atoms with Gasteiger partial charge in [0.1, 0.15) is 16.4 Å². The molecule has 0 fully saturated rings. The molecular formula is C21H19F3O2S. The molecule has 0 bridgehead atoms. The second kappa shape index (κ2) is 6.37. The van der Waals surface area contributed by atoms with Crippen LogP contribution in [0.15, 0.2) is 66.5 Å². The van der Waals surface area contributed by atoms with Crippen molar-refractivity contribution >= 4 is 9.84 Å². The van der Waals surface area contributed by atoms with Crippen molar-refractivity contribution in [3.05, 3.63) is 94.6 Å². The highest BCUT2D eigenvalue weighted by atomic mass is 32.2. The number of benzene rings is 2. The normalized spacial score (nSPS) is 25.3. The first-order chi connectivity index (χ1) is 12.5. The number of hydrogen-bond acceptors (Lipinski definition) is 2. The smallest absolute Gasteiger partial charge is 0.205 e. The summed E-state index contributed by atoms with van der Waals surface area (Å²) in [5.74, 6) is -1.68. The molecule has 1 aliphatic rings. The van der Waals surface area contributed by atoms with Gasteiger partial charge in [0, 0.05) is 6.26 Å². The van der Waals surface area contributed by atoms with Gasteiger partial charge in [0.05, 0.1) is 0 Å². The third-order valence-electron chi connectivity index (χ3n) is 4.94. The molecule has 1 aliphatic carbocycles. The molecule has 0 spiro atoms. The van der Waals surface area contributed by atoms with Crippen molar-refractivity contribution in [1.29, 1.82) is 0 Å². The summed E-state index contributed by atoms with van der Waals surface area (Å²) in [6, 6.07) is 10.4. The number of halogens is 3. The lowest BCUT2D eigenvalue weighted by Gasteiger charge is -2.34. The van der Waals surface area contributed by atoms with Gasteiger partial charge in [-0.15, -0.1) is 0 Å². The molecule has 2 unspecified atom stereocenters. The Morgan fingerprint density at radius 1 is 0.889 bits per heavy atom. The van der Waals surface area contributed by atoms with Gasteiger partial charge in [0.25, 0.3) is 0 Å². The summed E-state index contributed by atoms with van der Waals surface area (Å²) in [6.45, 7) is 3.00. The Kier molecular flexibility index (Phi) is 4.58. The van der Waals surface area contributed by atoms with Gasteiger partial charge in [-0.2, -0.15) is 0 Å². The second-order valence-electron chi connectivity index (χ2n) is 6.89. The topological polar surface area (TPSA) is 34.1 Å². The van der Waals surface area contributed by atoms with E-state index in [-0.39, 0.29) is 22.3 Å². The minimum atomic E-state index is -3.94. The van der Waals surface area contributed by atoms with Gasteiger partial charge in [0.15, 0.2) is 9.84 Å². The maximum atomic E-state index is 15.4.